The SMILES string of the molecule is C.CC(C)(CN)CO.Cc1ccc(S(=O)(=O)N2CC(C)(C)C(=O)N(Cc3ccccc3)C2C(=O)NO)cc1.Cc1ccc(S(=O)(=O)NCC(C)(C)C(=O)NCc2ccccc2)cc1.Cc1ccc(S(=O)(=O)NCC(C)(C)C(=O)O)cc1.Cc1ccc(S(=O)(=O)NCC(C)(C)CO)cc1. The van der Waals surface area contributed by atoms with Gasteiger partial charge in [-0.05, 0) is 135 Å². The number of aliphatic hydroxyl groups excluding tert-OH is 2. The summed E-state index contributed by atoms with van der Waals surface area (Å²) in [5.41, 5.74) is 8.72. The Labute approximate surface area is 581 Å². The number of hydrogen-bond donors (Lipinski definition) is 10. The number of carboxylic acid groups (broad SMARTS) is 1. The summed E-state index contributed by atoms with van der Waals surface area (Å²) in [6.07, 6.45) is -1.53. The van der Waals surface area contributed by atoms with Gasteiger partial charge in [0.05, 0.1) is 35.8 Å². The zero-order valence-electron chi connectivity index (χ0n) is 57.7. The fourth-order valence-corrected chi connectivity index (χ4v) is 13.4. The molecule has 0 bridgehead atoms. The molecular weight excluding hydrogens is 1340 g/mol. The van der Waals surface area contributed by atoms with Crippen molar-refractivity contribution in [2.24, 2.45) is 32.8 Å². The number of carbonyl (C=O) groups excluding carboxylic acids is 3. The van der Waals surface area contributed by atoms with E-state index in [1.807, 2.05) is 77.9 Å². The number of aryl methyl sites for hydroxylation is 4. The third kappa shape index (κ3) is 27.1. The minimum atomic E-state index is -4.14. The second kappa shape index (κ2) is 37.2. The lowest BCUT2D eigenvalue weighted by atomic mass is 9.88. The Bertz CT molecular complexity index is 3990. The van der Waals surface area contributed by atoms with Crippen molar-refractivity contribution in [3.05, 3.63) is 191 Å². The van der Waals surface area contributed by atoms with E-state index in [1.54, 1.807) is 139 Å². The predicted octanol–water partition coefficient (Wildman–Crippen LogP) is 7.78. The fourth-order valence-electron chi connectivity index (χ4n) is 8.07. The number of benzene rings is 6. The summed E-state index contributed by atoms with van der Waals surface area (Å²) in [4.78, 5) is 50.8. The van der Waals surface area contributed by atoms with Gasteiger partial charge in [0.15, 0.2) is 6.17 Å². The molecule has 7 rings (SSSR count). The maximum absolute atomic E-state index is 13.4. The largest absolute Gasteiger partial charge is 0.481 e. The van der Waals surface area contributed by atoms with Gasteiger partial charge in [-0.15, -0.1) is 0 Å². The van der Waals surface area contributed by atoms with Gasteiger partial charge in [0.25, 0.3) is 5.91 Å². The molecule has 1 fully saturated rings. The molecule has 0 aromatic heterocycles. The van der Waals surface area contributed by atoms with Crippen molar-refractivity contribution in [1.82, 2.24) is 34.2 Å². The molecular formula is C70H102N8O16S4. The van der Waals surface area contributed by atoms with Crippen molar-refractivity contribution < 1.29 is 73.4 Å². The van der Waals surface area contributed by atoms with Crippen LogP contribution in [-0.2, 0) is 72.4 Å². The number of sulfonamides is 4. The van der Waals surface area contributed by atoms with E-state index in [0.29, 0.717) is 13.1 Å². The number of nitrogens with zero attached hydrogens (tertiary/aromatic N) is 2. The Hall–Kier alpha value is -7.32. The first-order valence-corrected chi connectivity index (χ1v) is 36.8. The van der Waals surface area contributed by atoms with Crippen molar-refractivity contribution in [2.75, 3.05) is 45.9 Å². The molecule has 1 aliphatic heterocycles. The number of nitrogens with two attached hydrogens (primary N) is 1. The molecule has 0 saturated carbocycles. The molecule has 0 radical (unpaired) electrons. The van der Waals surface area contributed by atoms with Gasteiger partial charge in [-0.1, -0.05) is 167 Å². The second-order valence-electron chi connectivity index (χ2n) is 27.0. The van der Waals surface area contributed by atoms with Crippen LogP contribution in [0, 0.1) is 54.8 Å². The molecule has 1 unspecified atom stereocenters. The Kier molecular flexibility index (Phi) is 32.9. The van der Waals surface area contributed by atoms with Gasteiger partial charge in [-0.2, -0.15) is 4.31 Å². The van der Waals surface area contributed by atoms with E-state index in [4.69, 9.17) is 21.1 Å². The summed E-state index contributed by atoms with van der Waals surface area (Å²) in [5.74, 6) is -2.63. The van der Waals surface area contributed by atoms with Gasteiger partial charge in [-0.3, -0.25) is 24.4 Å². The van der Waals surface area contributed by atoms with Crippen LogP contribution in [0.3, 0.4) is 0 Å². The van der Waals surface area contributed by atoms with Crippen LogP contribution in [0.2, 0.25) is 0 Å². The first-order chi connectivity index (χ1) is 44.8. The van der Waals surface area contributed by atoms with Crippen LogP contribution in [-0.4, -0.2) is 139 Å². The van der Waals surface area contributed by atoms with Crippen LogP contribution in [0.1, 0.15) is 110 Å². The van der Waals surface area contributed by atoms with E-state index in [1.165, 1.54) is 48.5 Å². The van der Waals surface area contributed by atoms with Gasteiger partial charge in [0.2, 0.25) is 51.9 Å². The number of carbonyl (C=O) groups is 4. The van der Waals surface area contributed by atoms with E-state index in [2.05, 4.69) is 19.5 Å². The van der Waals surface area contributed by atoms with Crippen molar-refractivity contribution in [3.8, 4) is 0 Å². The summed E-state index contributed by atoms with van der Waals surface area (Å²) in [5, 5.41) is 38.7. The molecule has 98 heavy (non-hydrogen) atoms. The summed E-state index contributed by atoms with van der Waals surface area (Å²) in [7, 11) is -14.9. The van der Waals surface area contributed by atoms with Gasteiger partial charge in [-0.25, -0.2) is 53.3 Å². The Morgan fingerprint density at radius 3 is 1.21 bits per heavy atom. The third-order valence-corrected chi connectivity index (χ3v) is 21.2. The van der Waals surface area contributed by atoms with Crippen LogP contribution in [0.5, 0.6) is 0 Å². The molecule has 11 N–H and O–H groups in total. The predicted molar refractivity (Wildman–Crippen MR) is 380 cm³/mol. The molecule has 1 heterocycles. The first-order valence-electron chi connectivity index (χ1n) is 30.9. The van der Waals surface area contributed by atoms with Crippen LogP contribution in [0.4, 0.5) is 0 Å². The summed E-state index contributed by atoms with van der Waals surface area (Å²) < 4.78 is 108. The zero-order chi connectivity index (χ0) is 73.6. The molecule has 3 amide bonds. The number of rotatable bonds is 24. The molecule has 6 aromatic rings. The molecule has 0 aliphatic carbocycles. The molecule has 542 valence electrons. The van der Waals surface area contributed by atoms with Gasteiger partial charge in [0.1, 0.15) is 0 Å². The molecule has 1 saturated heterocycles. The lowest BCUT2D eigenvalue weighted by Gasteiger charge is -2.47. The van der Waals surface area contributed by atoms with E-state index in [-0.39, 0.29) is 90.2 Å². The Balaban J connectivity index is 0.000000438. The Morgan fingerprint density at radius 2 is 0.878 bits per heavy atom. The summed E-state index contributed by atoms with van der Waals surface area (Å²) in [6, 6.07) is 44.4. The lowest BCUT2D eigenvalue weighted by molar-refractivity contribution is -0.164. The number of amides is 3. The van der Waals surface area contributed by atoms with E-state index in [0.717, 1.165) is 37.7 Å². The third-order valence-electron chi connectivity index (χ3n) is 15.2. The summed E-state index contributed by atoms with van der Waals surface area (Å²) in [6.45, 7) is 25.5. The number of hydrogen-bond acceptors (Lipinski definition) is 16. The molecule has 1 aliphatic rings. The minimum Gasteiger partial charge on any atom is -0.481 e. The van der Waals surface area contributed by atoms with Crippen LogP contribution in [0.15, 0.2) is 177 Å². The fraction of sp³-hybridized carbons (Fsp3) is 0.429. The summed E-state index contributed by atoms with van der Waals surface area (Å²) >= 11 is 0. The highest BCUT2D eigenvalue weighted by Crippen LogP contribution is 2.35. The van der Waals surface area contributed by atoms with Crippen molar-refractivity contribution in [1.29, 1.82) is 0 Å². The maximum atomic E-state index is 13.4. The van der Waals surface area contributed by atoms with Crippen LogP contribution < -0.4 is 30.7 Å². The Morgan fingerprint density at radius 1 is 0.531 bits per heavy atom. The highest BCUT2D eigenvalue weighted by Gasteiger charge is 2.52. The normalized spacial score (nSPS) is 14.4. The highest BCUT2D eigenvalue weighted by atomic mass is 32.2. The maximum Gasteiger partial charge on any atom is 0.310 e. The van der Waals surface area contributed by atoms with Crippen molar-refractivity contribution in [3.63, 3.8) is 0 Å². The highest BCUT2D eigenvalue weighted by molar-refractivity contribution is 7.90. The van der Waals surface area contributed by atoms with Crippen molar-refractivity contribution in [2.45, 2.75) is 143 Å². The monoisotopic (exact) mass is 1440 g/mol. The lowest BCUT2D eigenvalue weighted by Crippen LogP contribution is -2.68. The molecule has 1 atom stereocenters. The first kappa shape index (κ1) is 86.8. The van der Waals surface area contributed by atoms with Crippen LogP contribution >= 0.6 is 0 Å². The average Bonchev–Trinajstić information content (AvgIpc) is 0.742. The van der Waals surface area contributed by atoms with Crippen molar-refractivity contribution >= 4 is 63.8 Å². The average molecular weight is 1440 g/mol. The van der Waals surface area contributed by atoms with Crippen LogP contribution in [0.25, 0.3) is 0 Å². The molecule has 0 spiro atoms. The number of aliphatic carboxylic acids is 1. The zero-order valence-corrected chi connectivity index (χ0v) is 61.0. The molecule has 28 heteroatoms. The van der Waals surface area contributed by atoms with Gasteiger partial charge in [0, 0.05) is 63.3 Å². The molecule has 6 aromatic carbocycles. The minimum absolute atomic E-state index is 0. The van der Waals surface area contributed by atoms with E-state index < -0.39 is 79.8 Å². The second-order valence-corrected chi connectivity index (χ2v) is 34.2. The van der Waals surface area contributed by atoms with E-state index >= 15 is 0 Å². The van der Waals surface area contributed by atoms with Gasteiger partial charge < -0.3 is 31.3 Å². The molecule has 24 nitrogen and oxygen atoms in total. The smallest absolute Gasteiger partial charge is 0.310 e. The number of aliphatic hydroxyl groups is 2. The number of hydroxylamine groups is 1. The van der Waals surface area contributed by atoms with Gasteiger partial charge >= 0.3 is 5.97 Å². The number of nitrogens with one attached hydrogen (secondary N) is 5. The quantitative estimate of drug-likeness (QED) is 0.0204. The topological polar surface area (TPSA) is 378 Å². The number of carboxylic acids is 1. The van der Waals surface area contributed by atoms with E-state index in [9.17, 15) is 58.1 Å². The standard InChI is InChI=1S/C21H25N3O5S.C19H24N2O3S.C12H17NO4S.C12H19NO3S.C5H13NO.CH4/c1-15-9-11-17(12-10-15)30(28,29)24-14-21(2,3)20(26)23(19(24)18(25)22-27)13-16-7-5-4-6-8-16;1-15-9-11-17(12-10-15)25(23,24)21-14-19(2,3)18(22)20-13-16-7-5-4-6-8-16;1-9-4-6-10(7-5-9)18(16,17)13-8-12(2,3)11(14)15;1-10-4-6-11(7-5-10)17(15,16)13-8-12(2,3)9-14;1-5(2,3-6)4-7;/h4-12,19,27H,13-14H2,1-3H3,(H,22,25);4-12,21H,13-14H2,1-3H3,(H,20,22);4-7,13H,8H2,1-3H3,(H,14,15);4-7,13-14H,8-9H2,1-3H3;7H,3-4,6H2,1-2H3;1H4.